The van der Waals surface area contributed by atoms with Crippen LogP contribution in [0.25, 0.3) is 11.4 Å². The standard InChI is InChI=1S/C10H7ClN6O/c11-7-5-8(16-3-1-12-14-16)10(9(18)6-7)17-4-2-13-15-17/h1-6,18H. The van der Waals surface area contributed by atoms with Gasteiger partial charge in [-0.25, -0.2) is 9.36 Å². The molecule has 0 unspecified atom stereocenters. The van der Waals surface area contributed by atoms with Crippen molar-refractivity contribution in [3.8, 4) is 17.1 Å². The van der Waals surface area contributed by atoms with Gasteiger partial charge in [0.25, 0.3) is 0 Å². The van der Waals surface area contributed by atoms with Crippen LogP contribution < -0.4 is 0 Å². The number of phenols is 1. The maximum Gasteiger partial charge on any atom is 0.145 e. The highest BCUT2D eigenvalue weighted by atomic mass is 35.5. The third-order valence-electron chi connectivity index (χ3n) is 2.36. The first-order valence-electron chi connectivity index (χ1n) is 5.01. The first-order valence-corrected chi connectivity index (χ1v) is 5.39. The molecule has 0 saturated carbocycles. The predicted molar refractivity (Wildman–Crippen MR) is 63.0 cm³/mol. The minimum Gasteiger partial charge on any atom is -0.506 e. The van der Waals surface area contributed by atoms with Crippen LogP contribution in [0.15, 0.2) is 36.9 Å². The molecule has 0 aliphatic heterocycles. The van der Waals surface area contributed by atoms with E-state index in [-0.39, 0.29) is 5.75 Å². The van der Waals surface area contributed by atoms with Crippen molar-refractivity contribution in [2.24, 2.45) is 0 Å². The lowest BCUT2D eigenvalue weighted by Gasteiger charge is -2.11. The van der Waals surface area contributed by atoms with E-state index in [2.05, 4.69) is 20.6 Å². The van der Waals surface area contributed by atoms with Crippen molar-refractivity contribution in [3.05, 3.63) is 41.9 Å². The average Bonchev–Trinajstić information content (AvgIpc) is 3.01. The van der Waals surface area contributed by atoms with Crippen LogP contribution in [0.4, 0.5) is 0 Å². The van der Waals surface area contributed by atoms with Gasteiger partial charge in [-0.15, -0.1) is 10.2 Å². The van der Waals surface area contributed by atoms with E-state index in [9.17, 15) is 5.11 Å². The third-order valence-corrected chi connectivity index (χ3v) is 2.57. The highest BCUT2D eigenvalue weighted by Gasteiger charge is 2.14. The van der Waals surface area contributed by atoms with E-state index in [1.54, 1.807) is 18.5 Å². The van der Waals surface area contributed by atoms with Crippen molar-refractivity contribution in [2.75, 3.05) is 0 Å². The summed E-state index contributed by atoms with van der Waals surface area (Å²) in [5.41, 5.74) is 0.991. The van der Waals surface area contributed by atoms with Crippen molar-refractivity contribution in [2.45, 2.75) is 0 Å². The maximum absolute atomic E-state index is 10.0. The quantitative estimate of drug-likeness (QED) is 0.751. The van der Waals surface area contributed by atoms with Crippen LogP contribution >= 0.6 is 11.6 Å². The van der Waals surface area contributed by atoms with E-state index >= 15 is 0 Å². The molecular formula is C10H7ClN6O. The Balaban J connectivity index is 2.30. The minimum atomic E-state index is -0.0153. The molecule has 1 aromatic carbocycles. The van der Waals surface area contributed by atoms with Crippen LogP contribution in [-0.2, 0) is 0 Å². The molecule has 8 heteroatoms. The molecule has 0 amide bonds. The largest absolute Gasteiger partial charge is 0.506 e. The highest BCUT2D eigenvalue weighted by Crippen LogP contribution is 2.31. The van der Waals surface area contributed by atoms with Gasteiger partial charge in [-0.1, -0.05) is 22.0 Å². The Bertz CT molecular complexity index is 664. The Morgan fingerprint density at radius 1 is 1.00 bits per heavy atom. The minimum absolute atomic E-state index is 0.0153. The second kappa shape index (κ2) is 4.11. The van der Waals surface area contributed by atoms with Crippen molar-refractivity contribution in [3.63, 3.8) is 0 Å². The summed E-state index contributed by atoms with van der Waals surface area (Å²) in [6, 6.07) is 3.09. The van der Waals surface area contributed by atoms with Crippen LogP contribution in [-0.4, -0.2) is 35.1 Å². The summed E-state index contributed by atoms with van der Waals surface area (Å²) in [6.45, 7) is 0. The summed E-state index contributed by atoms with van der Waals surface area (Å²) in [5, 5.41) is 25.6. The number of halogens is 1. The van der Waals surface area contributed by atoms with Gasteiger partial charge in [0, 0.05) is 11.1 Å². The molecule has 0 aliphatic carbocycles. The lowest BCUT2D eigenvalue weighted by atomic mass is 10.2. The zero-order chi connectivity index (χ0) is 12.5. The van der Waals surface area contributed by atoms with Gasteiger partial charge in [0.15, 0.2) is 0 Å². The van der Waals surface area contributed by atoms with Gasteiger partial charge in [-0.2, -0.15) is 0 Å². The molecule has 0 saturated heterocycles. The number of hydrogen-bond donors (Lipinski definition) is 1. The SMILES string of the molecule is Oc1cc(Cl)cc(-n2ccnn2)c1-n1ccnn1. The number of nitrogens with zero attached hydrogens (tertiary/aromatic N) is 6. The molecule has 2 aromatic heterocycles. The average molecular weight is 263 g/mol. The Morgan fingerprint density at radius 2 is 1.67 bits per heavy atom. The molecule has 0 bridgehead atoms. The second-order valence-corrected chi connectivity index (χ2v) is 3.92. The molecule has 0 radical (unpaired) electrons. The van der Waals surface area contributed by atoms with Crippen molar-refractivity contribution >= 4 is 11.6 Å². The molecule has 0 aliphatic rings. The number of benzene rings is 1. The maximum atomic E-state index is 10.0. The number of phenolic OH excluding ortho intramolecular Hbond substituents is 1. The fourth-order valence-corrected chi connectivity index (χ4v) is 1.85. The summed E-state index contributed by atoms with van der Waals surface area (Å²) in [7, 11) is 0. The molecule has 90 valence electrons. The first kappa shape index (κ1) is 10.7. The topological polar surface area (TPSA) is 81.6 Å². The summed E-state index contributed by atoms with van der Waals surface area (Å²) >= 11 is 5.93. The molecule has 3 aromatic rings. The van der Waals surface area contributed by atoms with Gasteiger partial charge < -0.3 is 5.11 Å². The summed E-state index contributed by atoms with van der Waals surface area (Å²) in [6.07, 6.45) is 6.30. The van der Waals surface area contributed by atoms with E-state index in [4.69, 9.17) is 11.6 Å². The van der Waals surface area contributed by atoms with Gasteiger partial charge in [-0.05, 0) is 6.07 Å². The van der Waals surface area contributed by atoms with E-state index in [1.807, 2.05) is 0 Å². The van der Waals surface area contributed by atoms with Gasteiger partial charge in [0.2, 0.25) is 0 Å². The van der Waals surface area contributed by atoms with E-state index in [0.717, 1.165) is 0 Å². The van der Waals surface area contributed by atoms with Crippen LogP contribution in [0.1, 0.15) is 0 Å². The second-order valence-electron chi connectivity index (χ2n) is 3.49. The number of aromatic nitrogens is 6. The first-order chi connectivity index (χ1) is 8.75. The Hall–Kier alpha value is -2.41. The molecule has 7 nitrogen and oxygen atoms in total. The molecule has 0 fully saturated rings. The molecule has 18 heavy (non-hydrogen) atoms. The van der Waals surface area contributed by atoms with Gasteiger partial charge in [0.05, 0.1) is 30.5 Å². The van der Waals surface area contributed by atoms with Crippen LogP contribution in [0.2, 0.25) is 5.02 Å². The van der Waals surface area contributed by atoms with Crippen molar-refractivity contribution in [1.82, 2.24) is 30.0 Å². The van der Waals surface area contributed by atoms with Crippen molar-refractivity contribution in [1.29, 1.82) is 0 Å². The van der Waals surface area contributed by atoms with Gasteiger partial charge >= 0.3 is 0 Å². The number of rotatable bonds is 2. The zero-order valence-electron chi connectivity index (χ0n) is 8.97. The van der Waals surface area contributed by atoms with E-state index in [0.29, 0.717) is 16.4 Å². The van der Waals surface area contributed by atoms with Crippen LogP contribution in [0.3, 0.4) is 0 Å². The van der Waals surface area contributed by atoms with E-state index < -0.39 is 0 Å². The molecule has 1 N–H and O–H groups in total. The summed E-state index contributed by atoms with van der Waals surface area (Å²) in [4.78, 5) is 0. The number of aromatic hydroxyl groups is 1. The zero-order valence-corrected chi connectivity index (χ0v) is 9.73. The summed E-state index contributed by atoms with van der Waals surface area (Å²) < 4.78 is 2.92. The van der Waals surface area contributed by atoms with Gasteiger partial charge in [-0.3, -0.25) is 0 Å². The third kappa shape index (κ3) is 1.70. The van der Waals surface area contributed by atoms with Crippen molar-refractivity contribution < 1.29 is 5.11 Å². The Kier molecular flexibility index (Phi) is 2.45. The fourth-order valence-electron chi connectivity index (χ4n) is 1.64. The molecular weight excluding hydrogens is 256 g/mol. The van der Waals surface area contributed by atoms with Crippen LogP contribution in [0.5, 0.6) is 5.75 Å². The van der Waals surface area contributed by atoms with Crippen LogP contribution in [0, 0.1) is 0 Å². The highest BCUT2D eigenvalue weighted by molar-refractivity contribution is 6.31. The lowest BCUT2D eigenvalue weighted by Crippen LogP contribution is -2.05. The smallest absolute Gasteiger partial charge is 0.145 e. The lowest BCUT2D eigenvalue weighted by molar-refractivity contribution is 0.469. The van der Waals surface area contributed by atoms with Gasteiger partial charge in [0.1, 0.15) is 11.4 Å². The Labute approximate surface area is 106 Å². The summed E-state index contributed by atoms with van der Waals surface area (Å²) in [5.74, 6) is -0.0153. The molecule has 0 spiro atoms. The number of hydrogen-bond acceptors (Lipinski definition) is 5. The van der Waals surface area contributed by atoms with E-state index in [1.165, 1.54) is 27.8 Å². The normalized spacial score (nSPS) is 10.7. The Morgan fingerprint density at radius 3 is 2.28 bits per heavy atom. The molecule has 2 heterocycles. The molecule has 0 atom stereocenters. The predicted octanol–water partition coefficient (Wildman–Crippen LogP) is 1.21. The fraction of sp³-hybridized carbons (Fsp3) is 0. The monoisotopic (exact) mass is 262 g/mol. The molecule has 3 rings (SSSR count).